The normalized spacial score (nSPS) is 16.9. The third-order valence-corrected chi connectivity index (χ3v) is 4.39. The van der Waals surface area contributed by atoms with Crippen molar-refractivity contribution in [1.82, 2.24) is 0 Å². The molecule has 0 atom stereocenters. The van der Waals surface area contributed by atoms with E-state index in [0.717, 1.165) is 0 Å². The summed E-state index contributed by atoms with van der Waals surface area (Å²) in [6.45, 7) is -0.111. The molecular weight excluding hydrogens is 415 g/mol. The molecule has 0 aromatic heterocycles. The van der Waals surface area contributed by atoms with Gasteiger partial charge in [0.15, 0.2) is 6.61 Å². The van der Waals surface area contributed by atoms with E-state index in [1.165, 1.54) is 18.2 Å². The van der Waals surface area contributed by atoms with Crippen LogP contribution in [0.1, 0.15) is 23.2 Å². The number of nitrogens with two attached hydrogens (primary N) is 2. The maximum atomic E-state index is 13.1. The van der Waals surface area contributed by atoms with Gasteiger partial charge in [0, 0.05) is 18.8 Å². The molecule has 0 amide bonds. The van der Waals surface area contributed by atoms with Gasteiger partial charge < -0.3 is 20.9 Å². The maximum Gasteiger partial charge on any atom is 0.431 e. The first kappa shape index (κ1) is 22.7. The van der Waals surface area contributed by atoms with Crippen molar-refractivity contribution in [1.29, 1.82) is 0 Å². The number of nitrogens with zero attached hydrogens (tertiary/aromatic N) is 1. The summed E-state index contributed by atoms with van der Waals surface area (Å²) in [6, 6.07) is 5.54. The van der Waals surface area contributed by atoms with Gasteiger partial charge in [-0.05, 0) is 25.0 Å². The minimum atomic E-state index is -5.04. The highest BCUT2D eigenvalue weighted by atomic mass is 35.5. The van der Waals surface area contributed by atoms with Crippen molar-refractivity contribution in [3.8, 4) is 0 Å². The van der Waals surface area contributed by atoms with Crippen LogP contribution in [0.2, 0.25) is 5.02 Å². The first-order valence-electron chi connectivity index (χ1n) is 8.54. The molecule has 7 nitrogen and oxygen atoms in total. The second-order valence-corrected chi connectivity index (χ2v) is 6.53. The Morgan fingerprint density at radius 2 is 1.83 bits per heavy atom. The summed E-state index contributed by atoms with van der Waals surface area (Å²) in [4.78, 5) is 28.4. The number of ketones is 1. The molecule has 0 unspecified atom stereocenters. The number of hydrogen-bond donors (Lipinski definition) is 2. The van der Waals surface area contributed by atoms with Crippen LogP contribution in [-0.4, -0.2) is 49.6 Å². The Labute approximate surface area is 169 Å². The molecule has 0 saturated carbocycles. The zero-order valence-electron chi connectivity index (χ0n) is 15.2. The van der Waals surface area contributed by atoms with Crippen molar-refractivity contribution in [3.05, 3.63) is 46.1 Å². The van der Waals surface area contributed by atoms with Crippen molar-refractivity contribution in [2.24, 2.45) is 16.5 Å². The standard InChI is InChI=1S/C18H19ClF3N3O4/c19-12-4-2-1-3-11(12)13(26)9-29-17(27)14(15(23)18(20,21)22)16(24)25-10-5-7-28-8-6-10/h1-4,10H,5-9,23H2,(H2,24,25). The van der Waals surface area contributed by atoms with E-state index < -0.39 is 47.7 Å². The van der Waals surface area contributed by atoms with Gasteiger partial charge in [-0.15, -0.1) is 0 Å². The predicted molar refractivity (Wildman–Crippen MR) is 99.5 cm³/mol. The number of hydrogen-bond acceptors (Lipinski definition) is 6. The Hall–Kier alpha value is -2.59. The Bertz CT molecular complexity index is 834. The highest BCUT2D eigenvalue weighted by Gasteiger charge is 2.38. The Morgan fingerprint density at radius 1 is 1.21 bits per heavy atom. The fraction of sp³-hybridized carbons (Fsp3) is 0.389. The Morgan fingerprint density at radius 3 is 2.41 bits per heavy atom. The number of Topliss-reactive ketones (excluding diaryl/α,β-unsaturated/α-hetero) is 1. The molecule has 158 valence electrons. The first-order chi connectivity index (χ1) is 13.6. The van der Waals surface area contributed by atoms with Gasteiger partial charge in [-0.3, -0.25) is 9.79 Å². The molecule has 0 bridgehead atoms. The van der Waals surface area contributed by atoms with Gasteiger partial charge in [-0.2, -0.15) is 13.2 Å². The van der Waals surface area contributed by atoms with Crippen LogP contribution in [-0.2, 0) is 14.3 Å². The summed E-state index contributed by atoms with van der Waals surface area (Å²) in [6.07, 6.45) is -4.18. The molecule has 1 heterocycles. The van der Waals surface area contributed by atoms with Crippen LogP contribution in [0.15, 0.2) is 40.5 Å². The van der Waals surface area contributed by atoms with E-state index in [9.17, 15) is 22.8 Å². The molecule has 1 aliphatic rings. The summed E-state index contributed by atoms with van der Waals surface area (Å²) in [5, 5.41) is 0.111. The summed E-state index contributed by atoms with van der Waals surface area (Å²) < 4.78 is 49.2. The number of alkyl halides is 3. The van der Waals surface area contributed by atoms with E-state index in [1.54, 1.807) is 6.07 Å². The van der Waals surface area contributed by atoms with Crippen molar-refractivity contribution in [2.75, 3.05) is 19.8 Å². The van der Waals surface area contributed by atoms with Crippen molar-refractivity contribution >= 4 is 29.2 Å². The molecule has 2 rings (SSSR count). The van der Waals surface area contributed by atoms with Gasteiger partial charge in [0.1, 0.15) is 17.1 Å². The van der Waals surface area contributed by atoms with Gasteiger partial charge >= 0.3 is 12.1 Å². The lowest BCUT2D eigenvalue weighted by atomic mass is 10.1. The van der Waals surface area contributed by atoms with E-state index in [0.29, 0.717) is 26.1 Å². The van der Waals surface area contributed by atoms with Gasteiger partial charge in [-0.1, -0.05) is 23.7 Å². The molecule has 1 aromatic rings. The summed E-state index contributed by atoms with van der Waals surface area (Å²) in [5.41, 5.74) is 7.94. The second-order valence-electron chi connectivity index (χ2n) is 6.12. The van der Waals surface area contributed by atoms with Crippen molar-refractivity contribution in [3.63, 3.8) is 0 Å². The number of amidine groups is 1. The Kier molecular flexibility index (Phi) is 7.63. The molecule has 0 radical (unpaired) electrons. The van der Waals surface area contributed by atoms with E-state index in [-0.39, 0.29) is 10.6 Å². The van der Waals surface area contributed by atoms with Gasteiger partial charge in [-0.25, -0.2) is 4.79 Å². The molecular formula is C18H19ClF3N3O4. The average molecular weight is 434 g/mol. The number of allylic oxidation sites excluding steroid dienone is 1. The zero-order chi connectivity index (χ0) is 21.6. The average Bonchev–Trinajstić information content (AvgIpc) is 2.66. The summed E-state index contributed by atoms with van der Waals surface area (Å²) in [5.74, 6) is -2.91. The van der Waals surface area contributed by atoms with Crippen LogP contribution >= 0.6 is 11.6 Å². The van der Waals surface area contributed by atoms with E-state index in [1.807, 2.05) is 0 Å². The SMILES string of the molecule is NC(=NC1CCOCC1)C(C(=O)OCC(=O)c1ccccc1Cl)=C(N)C(F)(F)F. The zero-order valence-corrected chi connectivity index (χ0v) is 15.9. The molecule has 29 heavy (non-hydrogen) atoms. The Balaban J connectivity index is 2.22. The van der Waals surface area contributed by atoms with Gasteiger partial charge in [0.2, 0.25) is 5.78 Å². The monoisotopic (exact) mass is 433 g/mol. The lowest BCUT2D eigenvalue weighted by Gasteiger charge is -2.20. The molecule has 1 fully saturated rings. The third kappa shape index (κ3) is 6.20. The predicted octanol–water partition coefficient (Wildman–Crippen LogP) is 2.38. The highest BCUT2D eigenvalue weighted by molar-refractivity contribution is 6.34. The van der Waals surface area contributed by atoms with E-state index >= 15 is 0 Å². The first-order valence-corrected chi connectivity index (χ1v) is 8.92. The smallest absolute Gasteiger partial charge is 0.431 e. The number of esters is 1. The number of benzene rings is 1. The topological polar surface area (TPSA) is 117 Å². The van der Waals surface area contributed by atoms with Crippen LogP contribution in [0.4, 0.5) is 13.2 Å². The van der Waals surface area contributed by atoms with Crippen LogP contribution in [0, 0.1) is 0 Å². The van der Waals surface area contributed by atoms with Gasteiger partial charge in [0.25, 0.3) is 0 Å². The highest BCUT2D eigenvalue weighted by Crippen LogP contribution is 2.25. The largest absolute Gasteiger partial charge is 0.454 e. The lowest BCUT2D eigenvalue weighted by molar-refractivity contribution is -0.138. The van der Waals surface area contributed by atoms with E-state index in [2.05, 4.69) is 4.99 Å². The number of carbonyl (C=O) groups is 2. The van der Waals surface area contributed by atoms with Crippen LogP contribution < -0.4 is 11.5 Å². The van der Waals surface area contributed by atoms with Crippen LogP contribution in [0.25, 0.3) is 0 Å². The van der Waals surface area contributed by atoms with Crippen LogP contribution in [0.5, 0.6) is 0 Å². The molecule has 11 heteroatoms. The fourth-order valence-electron chi connectivity index (χ4n) is 2.54. The number of carbonyl (C=O) groups excluding carboxylic acids is 2. The number of rotatable bonds is 6. The second kappa shape index (κ2) is 9.75. The van der Waals surface area contributed by atoms with E-state index in [4.69, 9.17) is 32.5 Å². The number of halogens is 4. The minimum Gasteiger partial charge on any atom is -0.454 e. The molecule has 1 aliphatic heterocycles. The minimum absolute atomic E-state index is 0.0557. The van der Waals surface area contributed by atoms with Gasteiger partial charge in [0.05, 0.1) is 11.1 Å². The molecule has 0 aliphatic carbocycles. The number of aliphatic imine (C=N–C) groups is 1. The van der Waals surface area contributed by atoms with Crippen LogP contribution in [0.3, 0.4) is 0 Å². The number of ether oxygens (including phenoxy) is 2. The fourth-order valence-corrected chi connectivity index (χ4v) is 2.78. The molecule has 0 spiro atoms. The lowest BCUT2D eigenvalue weighted by Crippen LogP contribution is -2.34. The third-order valence-electron chi connectivity index (χ3n) is 4.06. The quantitative estimate of drug-likeness (QED) is 0.234. The van der Waals surface area contributed by atoms with Crippen molar-refractivity contribution in [2.45, 2.75) is 25.1 Å². The molecule has 1 saturated heterocycles. The van der Waals surface area contributed by atoms with Crippen molar-refractivity contribution < 1.29 is 32.2 Å². The summed E-state index contributed by atoms with van der Waals surface area (Å²) in [7, 11) is 0. The molecule has 4 N–H and O–H groups in total. The maximum absolute atomic E-state index is 13.1. The summed E-state index contributed by atoms with van der Waals surface area (Å²) >= 11 is 5.88. The molecule has 1 aromatic carbocycles.